The molecule has 0 bridgehead atoms. The van der Waals surface area contributed by atoms with Crippen molar-refractivity contribution >= 4 is 15.9 Å². The monoisotopic (exact) mass is 322 g/mol. The first kappa shape index (κ1) is 14.1. The van der Waals surface area contributed by atoms with E-state index < -0.39 is 33.7 Å². The molecular weight excluding hydrogens is 318 g/mol. The highest BCUT2D eigenvalue weighted by molar-refractivity contribution is 9.10. The van der Waals surface area contributed by atoms with Gasteiger partial charge in [0, 0.05) is 4.47 Å². The number of benzene rings is 1. The molecule has 1 aromatic carbocycles. The Morgan fingerprint density at radius 1 is 1.00 bits per heavy atom. The van der Waals surface area contributed by atoms with Gasteiger partial charge in [-0.3, -0.25) is 0 Å². The Hall–Kier alpha value is -0.920. The quantitative estimate of drug-likeness (QED) is 0.692. The maximum atomic E-state index is 12.6. The second kappa shape index (κ2) is 4.40. The van der Waals surface area contributed by atoms with Crippen molar-refractivity contribution in [2.75, 3.05) is 7.11 Å². The Bertz CT molecular complexity index is 423. The van der Waals surface area contributed by atoms with Gasteiger partial charge in [0.05, 0.1) is 12.7 Å². The smallest absolute Gasteiger partial charge is 0.421 e. The van der Waals surface area contributed by atoms with Gasteiger partial charge in [-0.15, -0.1) is 0 Å². The fourth-order valence-corrected chi connectivity index (χ4v) is 1.80. The second-order valence-corrected chi connectivity index (χ2v) is 3.85. The third-order valence-electron chi connectivity index (χ3n) is 1.90. The lowest BCUT2D eigenvalue weighted by molar-refractivity contribution is -0.145. The van der Waals surface area contributed by atoms with Crippen molar-refractivity contribution in [2.24, 2.45) is 0 Å². The number of alkyl halides is 6. The predicted octanol–water partition coefficient (Wildman–Crippen LogP) is 4.50. The van der Waals surface area contributed by atoms with Crippen LogP contribution in [0.15, 0.2) is 16.6 Å². The third-order valence-corrected chi connectivity index (χ3v) is 2.56. The molecule has 0 aliphatic carbocycles. The van der Waals surface area contributed by atoms with Crippen molar-refractivity contribution in [1.29, 1.82) is 0 Å². The van der Waals surface area contributed by atoms with E-state index in [1.807, 2.05) is 0 Å². The molecule has 1 nitrogen and oxygen atoms in total. The number of rotatable bonds is 1. The molecule has 1 aromatic rings. The number of methoxy groups -OCH3 is 1. The topological polar surface area (TPSA) is 9.23 Å². The van der Waals surface area contributed by atoms with Crippen LogP contribution in [0.1, 0.15) is 11.1 Å². The normalized spacial score (nSPS) is 12.7. The zero-order valence-electron chi connectivity index (χ0n) is 8.21. The molecule has 0 radical (unpaired) electrons. The van der Waals surface area contributed by atoms with Crippen molar-refractivity contribution in [3.8, 4) is 5.75 Å². The number of hydrogen-bond donors (Lipinski definition) is 0. The summed E-state index contributed by atoms with van der Waals surface area (Å²) < 4.78 is 78.9. The van der Waals surface area contributed by atoms with Crippen LogP contribution in [0.4, 0.5) is 26.3 Å². The SMILES string of the molecule is COc1c(C(F)(F)F)ccc(Br)c1C(F)(F)F. The maximum absolute atomic E-state index is 12.6. The first-order chi connectivity index (χ1) is 7.59. The van der Waals surface area contributed by atoms with Crippen LogP contribution >= 0.6 is 15.9 Å². The molecule has 0 aliphatic heterocycles. The van der Waals surface area contributed by atoms with Crippen LogP contribution in [0.5, 0.6) is 5.75 Å². The molecule has 0 fully saturated rings. The highest BCUT2D eigenvalue weighted by atomic mass is 79.9. The molecular formula is C9H5BrF6O. The Morgan fingerprint density at radius 2 is 1.53 bits per heavy atom. The van der Waals surface area contributed by atoms with Gasteiger partial charge in [-0.1, -0.05) is 15.9 Å². The van der Waals surface area contributed by atoms with Gasteiger partial charge in [0.25, 0.3) is 0 Å². The standard InChI is InChI=1S/C9H5BrF6O/c1-17-7-4(8(11,12)13)2-3-5(10)6(7)9(14,15)16/h2-3H,1H3. The molecule has 96 valence electrons. The van der Waals surface area contributed by atoms with Crippen molar-refractivity contribution in [2.45, 2.75) is 12.4 Å². The van der Waals surface area contributed by atoms with Crippen LogP contribution in [0.2, 0.25) is 0 Å². The molecule has 0 atom stereocenters. The van der Waals surface area contributed by atoms with E-state index in [2.05, 4.69) is 20.7 Å². The molecule has 0 spiro atoms. The molecule has 1 rings (SSSR count). The van der Waals surface area contributed by atoms with Crippen LogP contribution in [0.3, 0.4) is 0 Å². The van der Waals surface area contributed by atoms with E-state index >= 15 is 0 Å². The number of hydrogen-bond acceptors (Lipinski definition) is 1. The van der Waals surface area contributed by atoms with Crippen molar-refractivity contribution in [1.82, 2.24) is 0 Å². The fourth-order valence-electron chi connectivity index (χ4n) is 1.26. The van der Waals surface area contributed by atoms with E-state index in [1.165, 1.54) is 0 Å². The molecule has 17 heavy (non-hydrogen) atoms. The molecule has 0 amide bonds. The highest BCUT2D eigenvalue weighted by Crippen LogP contribution is 2.47. The van der Waals surface area contributed by atoms with Crippen LogP contribution in [0.25, 0.3) is 0 Å². The second-order valence-electron chi connectivity index (χ2n) is 3.00. The summed E-state index contributed by atoms with van der Waals surface area (Å²) in [6, 6.07) is 1.21. The molecule has 0 saturated heterocycles. The summed E-state index contributed by atoms with van der Waals surface area (Å²) in [6.07, 6.45) is -9.85. The summed E-state index contributed by atoms with van der Waals surface area (Å²) in [5.41, 5.74) is -2.94. The van der Waals surface area contributed by atoms with Gasteiger partial charge in [0.1, 0.15) is 11.3 Å². The van der Waals surface area contributed by atoms with Gasteiger partial charge in [-0.2, -0.15) is 26.3 Å². The van der Waals surface area contributed by atoms with Gasteiger partial charge in [0.15, 0.2) is 0 Å². The van der Waals surface area contributed by atoms with Gasteiger partial charge in [0.2, 0.25) is 0 Å². The largest absolute Gasteiger partial charge is 0.495 e. The molecule has 0 unspecified atom stereocenters. The predicted molar refractivity (Wildman–Crippen MR) is 50.7 cm³/mol. The summed E-state index contributed by atoms with van der Waals surface area (Å²) in [7, 11) is 0.756. The lowest BCUT2D eigenvalue weighted by atomic mass is 10.1. The first-order valence-electron chi connectivity index (χ1n) is 4.10. The highest BCUT2D eigenvalue weighted by Gasteiger charge is 2.43. The molecule has 0 aliphatic rings. The average Bonchev–Trinajstić information content (AvgIpc) is 2.12. The zero-order valence-corrected chi connectivity index (χ0v) is 9.79. The molecule has 0 aromatic heterocycles. The fraction of sp³-hybridized carbons (Fsp3) is 0.333. The summed E-state index contributed by atoms with van der Waals surface area (Å²) in [5, 5.41) is 0. The van der Waals surface area contributed by atoms with Crippen LogP contribution in [0, 0.1) is 0 Å². The van der Waals surface area contributed by atoms with Crippen LogP contribution in [-0.4, -0.2) is 7.11 Å². The van der Waals surface area contributed by atoms with E-state index in [-0.39, 0.29) is 0 Å². The van der Waals surface area contributed by atoms with Gasteiger partial charge in [-0.25, -0.2) is 0 Å². The Morgan fingerprint density at radius 3 is 1.88 bits per heavy atom. The Balaban J connectivity index is 3.60. The molecule has 0 heterocycles. The summed E-state index contributed by atoms with van der Waals surface area (Å²) in [5.74, 6) is -1.24. The number of halogens is 7. The van der Waals surface area contributed by atoms with E-state index in [1.54, 1.807) is 0 Å². The minimum Gasteiger partial charge on any atom is -0.495 e. The van der Waals surface area contributed by atoms with Crippen molar-refractivity contribution in [3.63, 3.8) is 0 Å². The van der Waals surface area contributed by atoms with E-state index in [0.29, 0.717) is 12.1 Å². The Labute approximate surface area is 101 Å². The van der Waals surface area contributed by atoms with Crippen LogP contribution < -0.4 is 4.74 Å². The summed E-state index contributed by atoms with van der Waals surface area (Å²) in [4.78, 5) is 0. The number of ether oxygens (including phenoxy) is 1. The summed E-state index contributed by atoms with van der Waals surface area (Å²) >= 11 is 2.56. The van der Waals surface area contributed by atoms with Crippen molar-refractivity contribution in [3.05, 3.63) is 27.7 Å². The first-order valence-corrected chi connectivity index (χ1v) is 4.89. The van der Waals surface area contributed by atoms with Gasteiger partial charge < -0.3 is 4.74 Å². The lowest BCUT2D eigenvalue weighted by Gasteiger charge is -2.18. The van der Waals surface area contributed by atoms with E-state index in [0.717, 1.165) is 7.11 Å². The van der Waals surface area contributed by atoms with E-state index in [9.17, 15) is 26.3 Å². The summed E-state index contributed by atoms with van der Waals surface area (Å²) in [6.45, 7) is 0. The van der Waals surface area contributed by atoms with E-state index in [4.69, 9.17) is 0 Å². The lowest BCUT2D eigenvalue weighted by Crippen LogP contribution is -2.14. The molecule has 0 saturated carbocycles. The molecule has 8 heteroatoms. The van der Waals surface area contributed by atoms with Crippen molar-refractivity contribution < 1.29 is 31.1 Å². The third kappa shape index (κ3) is 2.85. The zero-order chi connectivity index (χ0) is 13.4. The minimum atomic E-state index is -4.94. The average molecular weight is 323 g/mol. The maximum Gasteiger partial charge on any atom is 0.421 e. The van der Waals surface area contributed by atoms with Gasteiger partial charge >= 0.3 is 12.4 Å². The Kier molecular flexibility index (Phi) is 3.66. The van der Waals surface area contributed by atoms with Crippen LogP contribution in [-0.2, 0) is 12.4 Å². The van der Waals surface area contributed by atoms with Gasteiger partial charge in [-0.05, 0) is 12.1 Å². The minimum absolute atomic E-state index is 0.505. The molecule has 0 N–H and O–H groups in total.